The topological polar surface area (TPSA) is 88.4 Å². The van der Waals surface area contributed by atoms with E-state index in [0.717, 1.165) is 15.6 Å². The van der Waals surface area contributed by atoms with Gasteiger partial charge in [0.15, 0.2) is 16.7 Å². The van der Waals surface area contributed by atoms with Gasteiger partial charge in [0, 0.05) is 11.5 Å². The Kier molecular flexibility index (Phi) is 7.81. The molecule has 0 saturated carbocycles. The number of likely N-dealkylation sites (N-methyl/N-ethyl adjacent to an activating group) is 1. The summed E-state index contributed by atoms with van der Waals surface area (Å²) in [7, 11) is 3.20. The average Bonchev–Trinajstić information content (AvgIpc) is 3.12. The van der Waals surface area contributed by atoms with E-state index in [4.69, 9.17) is 9.47 Å². The first-order valence-electron chi connectivity index (χ1n) is 10.9. The van der Waals surface area contributed by atoms with Gasteiger partial charge in [-0.3, -0.25) is 9.69 Å². The summed E-state index contributed by atoms with van der Waals surface area (Å²) in [5.41, 5.74) is 3.56. The Hall–Kier alpha value is -3.56. The molecule has 7 nitrogen and oxygen atoms in total. The number of carbonyl (C=O) groups is 2. The second kappa shape index (κ2) is 11.0. The molecule has 36 heavy (non-hydrogen) atoms. The van der Waals surface area contributed by atoms with Crippen LogP contribution in [0.25, 0.3) is 6.08 Å². The number of hydrogen-bond donors (Lipinski definition) is 1. The second-order valence-electron chi connectivity index (χ2n) is 8.02. The maximum atomic E-state index is 12.9. The van der Waals surface area contributed by atoms with Crippen molar-refractivity contribution in [1.82, 2.24) is 4.90 Å². The second-order valence-corrected chi connectivity index (χ2v) is 9.89. The van der Waals surface area contributed by atoms with Crippen molar-refractivity contribution in [2.75, 3.05) is 14.2 Å². The van der Waals surface area contributed by atoms with Crippen LogP contribution >= 0.6 is 27.7 Å². The Balaban J connectivity index is 1.57. The lowest BCUT2D eigenvalue weighted by atomic mass is 10.1. The van der Waals surface area contributed by atoms with Gasteiger partial charge in [0.05, 0.1) is 23.3 Å². The standard InChI is InChI=1S/C27H23BrN2O5S/c1-16-7-9-17(10-8-16)15-35-23-14-21(28)19(12-22(23)34-3)13-24-25(31)30(2)27(36-24)29-20-6-4-5-18(11-20)26(32)33/h4-14H,15H2,1-3H3,(H,32,33)/b24-13-,29-27?. The van der Waals surface area contributed by atoms with E-state index in [9.17, 15) is 14.7 Å². The van der Waals surface area contributed by atoms with Crippen molar-refractivity contribution in [2.45, 2.75) is 13.5 Å². The molecule has 9 heteroatoms. The molecule has 1 fully saturated rings. The highest BCUT2D eigenvalue weighted by atomic mass is 79.9. The number of aromatic carboxylic acids is 1. The Bertz CT molecular complexity index is 1390. The highest BCUT2D eigenvalue weighted by Gasteiger charge is 2.30. The number of amides is 1. The lowest BCUT2D eigenvalue weighted by Gasteiger charge is -2.13. The van der Waals surface area contributed by atoms with Gasteiger partial charge in [-0.15, -0.1) is 0 Å². The number of amidine groups is 1. The number of carboxylic acids is 1. The molecule has 3 aromatic rings. The van der Waals surface area contributed by atoms with E-state index in [2.05, 4.69) is 20.9 Å². The third-order valence-electron chi connectivity index (χ3n) is 5.41. The number of rotatable bonds is 7. The van der Waals surface area contributed by atoms with Gasteiger partial charge in [0.2, 0.25) is 0 Å². The smallest absolute Gasteiger partial charge is 0.335 e. The number of carbonyl (C=O) groups excluding carboxylic acids is 1. The number of aryl methyl sites for hydroxylation is 1. The van der Waals surface area contributed by atoms with Gasteiger partial charge in [-0.2, -0.15) is 0 Å². The maximum absolute atomic E-state index is 12.9. The summed E-state index contributed by atoms with van der Waals surface area (Å²) in [5.74, 6) is -0.125. The molecule has 0 atom stereocenters. The van der Waals surface area contributed by atoms with Crippen molar-refractivity contribution in [3.63, 3.8) is 0 Å². The van der Waals surface area contributed by atoms with E-state index in [1.807, 2.05) is 37.3 Å². The summed E-state index contributed by atoms with van der Waals surface area (Å²) < 4.78 is 12.3. The van der Waals surface area contributed by atoms with Crippen LogP contribution in [-0.2, 0) is 11.4 Å². The molecule has 184 valence electrons. The highest BCUT2D eigenvalue weighted by Crippen LogP contribution is 2.38. The number of nitrogens with zero attached hydrogens (tertiary/aromatic N) is 2. The van der Waals surface area contributed by atoms with Gasteiger partial charge in [-0.25, -0.2) is 9.79 Å². The fourth-order valence-corrected chi connectivity index (χ4v) is 4.81. The Morgan fingerprint density at radius 3 is 2.58 bits per heavy atom. The summed E-state index contributed by atoms with van der Waals surface area (Å²) >= 11 is 4.79. The summed E-state index contributed by atoms with van der Waals surface area (Å²) in [4.78, 5) is 30.5. The first-order valence-corrected chi connectivity index (χ1v) is 12.5. The first-order chi connectivity index (χ1) is 17.2. The third-order valence-corrected chi connectivity index (χ3v) is 7.15. The number of aliphatic imine (C=N–C) groups is 1. The predicted molar refractivity (Wildman–Crippen MR) is 145 cm³/mol. The van der Waals surface area contributed by atoms with Crippen LogP contribution in [0.2, 0.25) is 0 Å². The molecular weight excluding hydrogens is 544 g/mol. The van der Waals surface area contributed by atoms with Crippen molar-refractivity contribution >= 4 is 56.5 Å². The molecule has 1 aliphatic heterocycles. The van der Waals surface area contributed by atoms with Gasteiger partial charge < -0.3 is 14.6 Å². The Labute approximate surface area is 221 Å². The van der Waals surface area contributed by atoms with Gasteiger partial charge in [0.1, 0.15) is 6.61 Å². The molecule has 0 aromatic heterocycles. The third kappa shape index (κ3) is 5.80. The lowest BCUT2D eigenvalue weighted by molar-refractivity contribution is -0.121. The SMILES string of the molecule is COc1cc(/C=C2\SC(=Nc3cccc(C(=O)O)c3)N(C)C2=O)c(Br)cc1OCc1ccc(C)cc1. The zero-order valence-corrected chi connectivity index (χ0v) is 22.2. The van der Waals surface area contributed by atoms with Crippen LogP contribution in [0.3, 0.4) is 0 Å². The quantitative estimate of drug-likeness (QED) is 0.339. The van der Waals surface area contributed by atoms with Crippen molar-refractivity contribution in [3.05, 3.63) is 92.3 Å². The normalized spacial score (nSPS) is 15.6. The van der Waals surface area contributed by atoms with Crippen LogP contribution in [0.5, 0.6) is 11.5 Å². The van der Waals surface area contributed by atoms with Crippen molar-refractivity contribution in [2.24, 2.45) is 4.99 Å². The number of carboxylic acid groups (broad SMARTS) is 1. The zero-order chi connectivity index (χ0) is 25.8. The van der Waals surface area contributed by atoms with Crippen LogP contribution in [0, 0.1) is 6.92 Å². The van der Waals surface area contributed by atoms with E-state index in [1.54, 1.807) is 38.4 Å². The minimum absolute atomic E-state index is 0.130. The van der Waals surface area contributed by atoms with Gasteiger partial charge in [-0.1, -0.05) is 51.8 Å². The molecule has 1 heterocycles. The number of halogens is 1. The van der Waals surface area contributed by atoms with Crippen LogP contribution in [-0.4, -0.2) is 41.2 Å². The number of benzene rings is 3. The molecule has 0 aliphatic carbocycles. The average molecular weight is 567 g/mol. The monoisotopic (exact) mass is 566 g/mol. The molecule has 3 aromatic carbocycles. The minimum Gasteiger partial charge on any atom is -0.493 e. The molecule has 1 N–H and O–H groups in total. The van der Waals surface area contributed by atoms with Crippen molar-refractivity contribution < 1.29 is 24.2 Å². The summed E-state index contributed by atoms with van der Waals surface area (Å²) in [5, 5.41) is 9.66. The van der Waals surface area contributed by atoms with E-state index in [0.29, 0.717) is 33.9 Å². The van der Waals surface area contributed by atoms with Crippen LogP contribution in [0.4, 0.5) is 5.69 Å². The van der Waals surface area contributed by atoms with Crippen molar-refractivity contribution in [1.29, 1.82) is 0 Å². The van der Waals surface area contributed by atoms with Crippen LogP contribution in [0.15, 0.2) is 75.0 Å². The molecular formula is C27H23BrN2O5S. The molecule has 0 unspecified atom stereocenters. The predicted octanol–water partition coefficient (Wildman–Crippen LogP) is 6.28. The van der Waals surface area contributed by atoms with Gasteiger partial charge >= 0.3 is 5.97 Å². The number of methoxy groups -OCH3 is 1. The van der Waals surface area contributed by atoms with E-state index < -0.39 is 5.97 Å². The molecule has 1 saturated heterocycles. The number of hydrogen-bond acceptors (Lipinski definition) is 6. The summed E-state index contributed by atoms with van der Waals surface area (Å²) in [6.45, 7) is 2.43. The van der Waals surface area contributed by atoms with Crippen LogP contribution in [0.1, 0.15) is 27.0 Å². The van der Waals surface area contributed by atoms with Crippen molar-refractivity contribution in [3.8, 4) is 11.5 Å². The molecule has 4 rings (SSSR count). The Morgan fingerprint density at radius 2 is 1.89 bits per heavy atom. The molecule has 0 bridgehead atoms. The largest absolute Gasteiger partial charge is 0.493 e. The Morgan fingerprint density at radius 1 is 1.14 bits per heavy atom. The summed E-state index contributed by atoms with van der Waals surface area (Å²) in [6.07, 6.45) is 1.76. The number of ether oxygens (including phenoxy) is 2. The molecule has 0 spiro atoms. The van der Waals surface area contributed by atoms with Crippen LogP contribution < -0.4 is 9.47 Å². The van der Waals surface area contributed by atoms with E-state index in [-0.39, 0.29) is 11.5 Å². The van der Waals surface area contributed by atoms with E-state index in [1.165, 1.54) is 34.4 Å². The minimum atomic E-state index is -1.04. The molecule has 1 aliphatic rings. The molecule has 0 radical (unpaired) electrons. The number of thioether (sulfide) groups is 1. The summed E-state index contributed by atoms with van der Waals surface area (Å²) in [6, 6.07) is 18.0. The van der Waals surface area contributed by atoms with Gasteiger partial charge in [-0.05, 0) is 66.2 Å². The maximum Gasteiger partial charge on any atom is 0.335 e. The first kappa shape index (κ1) is 25.5. The highest BCUT2D eigenvalue weighted by molar-refractivity contribution is 9.10. The van der Waals surface area contributed by atoms with E-state index >= 15 is 0 Å². The fraction of sp³-hybridized carbons (Fsp3) is 0.148. The zero-order valence-electron chi connectivity index (χ0n) is 19.8. The molecule has 1 amide bonds. The van der Waals surface area contributed by atoms with Gasteiger partial charge in [0.25, 0.3) is 5.91 Å². The lowest BCUT2D eigenvalue weighted by Crippen LogP contribution is -2.23. The fourth-order valence-electron chi connectivity index (χ4n) is 3.39.